The van der Waals surface area contributed by atoms with Gasteiger partial charge in [-0.2, -0.15) is 18.3 Å². The maximum absolute atomic E-state index is 12.3. The fourth-order valence-corrected chi connectivity index (χ4v) is 1.36. The van der Waals surface area contributed by atoms with Crippen LogP contribution in [0.3, 0.4) is 0 Å². The van der Waals surface area contributed by atoms with Crippen LogP contribution in [-0.2, 0) is 6.18 Å². The summed E-state index contributed by atoms with van der Waals surface area (Å²) in [5.74, 6) is 0. The lowest BCUT2D eigenvalue weighted by atomic mass is 10.2. The van der Waals surface area contributed by atoms with Crippen LogP contribution in [0.25, 0.3) is 0 Å². The van der Waals surface area contributed by atoms with Crippen LogP contribution in [-0.4, -0.2) is 11.2 Å². The molecule has 1 heterocycles. The van der Waals surface area contributed by atoms with Gasteiger partial charge in [0.25, 0.3) is 0 Å². The molecule has 1 N–H and O–H groups in total. The van der Waals surface area contributed by atoms with Crippen molar-refractivity contribution < 1.29 is 13.2 Å². The van der Waals surface area contributed by atoms with Crippen molar-refractivity contribution in [3.8, 4) is 0 Å². The van der Waals surface area contributed by atoms with Crippen LogP contribution < -0.4 is 5.43 Å². The molecular weight excluding hydrogens is 255 g/mol. The van der Waals surface area contributed by atoms with E-state index < -0.39 is 11.7 Å². The van der Waals surface area contributed by atoms with E-state index in [4.69, 9.17) is 0 Å². The van der Waals surface area contributed by atoms with Crippen molar-refractivity contribution in [2.75, 3.05) is 5.43 Å². The van der Waals surface area contributed by atoms with Gasteiger partial charge in [0.15, 0.2) is 0 Å². The number of anilines is 1. The zero-order valence-electron chi connectivity index (χ0n) is 9.72. The van der Waals surface area contributed by atoms with Crippen LogP contribution in [0.1, 0.15) is 11.1 Å². The highest BCUT2D eigenvalue weighted by Gasteiger charge is 2.29. The van der Waals surface area contributed by atoms with Gasteiger partial charge >= 0.3 is 6.18 Å². The zero-order valence-corrected chi connectivity index (χ0v) is 9.72. The number of alkyl halides is 3. The second kappa shape index (κ2) is 5.51. The van der Waals surface area contributed by atoms with Crippen molar-refractivity contribution in [3.63, 3.8) is 0 Å². The molecular formula is C13H10F3N3. The van der Waals surface area contributed by atoms with Crippen molar-refractivity contribution >= 4 is 11.9 Å². The first-order valence-corrected chi connectivity index (χ1v) is 5.42. The van der Waals surface area contributed by atoms with Crippen molar-refractivity contribution in [2.24, 2.45) is 5.10 Å². The maximum atomic E-state index is 12.3. The monoisotopic (exact) mass is 265 g/mol. The Morgan fingerprint density at radius 2 is 1.63 bits per heavy atom. The van der Waals surface area contributed by atoms with Crippen LogP contribution in [0, 0.1) is 0 Å². The van der Waals surface area contributed by atoms with Gasteiger partial charge in [0, 0.05) is 12.4 Å². The molecule has 2 aromatic rings. The second-order valence-electron chi connectivity index (χ2n) is 3.73. The number of pyridine rings is 1. The van der Waals surface area contributed by atoms with Gasteiger partial charge in [-0.15, -0.1) is 0 Å². The highest BCUT2D eigenvalue weighted by molar-refractivity contribution is 5.79. The van der Waals surface area contributed by atoms with Crippen LogP contribution in [0.4, 0.5) is 18.9 Å². The molecule has 19 heavy (non-hydrogen) atoms. The van der Waals surface area contributed by atoms with Crippen LogP contribution in [0.2, 0.25) is 0 Å². The van der Waals surface area contributed by atoms with E-state index in [-0.39, 0.29) is 0 Å². The predicted molar refractivity (Wildman–Crippen MR) is 66.9 cm³/mol. The van der Waals surface area contributed by atoms with Gasteiger partial charge in [-0.25, -0.2) is 0 Å². The van der Waals surface area contributed by atoms with Crippen molar-refractivity contribution in [1.82, 2.24) is 4.98 Å². The Kier molecular flexibility index (Phi) is 3.79. The van der Waals surface area contributed by atoms with Gasteiger partial charge in [0.1, 0.15) is 0 Å². The molecule has 1 aromatic carbocycles. The van der Waals surface area contributed by atoms with Gasteiger partial charge in [-0.3, -0.25) is 10.4 Å². The van der Waals surface area contributed by atoms with Crippen LogP contribution in [0.15, 0.2) is 53.9 Å². The van der Waals surface area contributed by atoms with Gasteiger partial charge in [-0.1, -0.05) is 0 Å². The summed E-state index contributed by atoms with van der Waals surface area (Å²) in [5, 5.41) is 3.92. The van der Waals surface area contributed by atoms with Crippen LogP contribution in [0.5, 0.6) is 0 Å². The number of hydrogen-bond donors (Lipinski definition) is 1. The minimum atomic E-state index is -4.32. The lowest BCUT2D eigenvalue weighted by Crippen LogP contribution is -2.04. The van der Waals surface area contributed by atoms with Gasteiger partial charge in [-0.05, 0) is 42.0 Å². The Hall–Kier alpha value is -2.37. The number of nitrogens with zero attached hydrogens (tertiary/aromatic N) is 2. The average molecular weight is 265 g/mol. The smallest absolute Gasteiger partial charge is 0.279 e. The molecule has 2 rings (SSSR count). The number of hydrazone groups is 1. The maximum Gasteiger partial charge on any atom is 0.416 e. The van der Waals surface area contributed by atoms with E-state index in [0.717, 1.165) is 17.7 Å². The van der Waals surface area contributed by atoms with E-state index in [1.54, 1.807) is 30.7 Å². The second-order valence-corrected chi connectivity index (χ2v) is 3.73. The summed E-state index contributed by atoms with van der Waals surface area (Å²) >= 11 is 0. The molecule has 0 amide bonds. The summed E-state index contributed by atoms with van der Waals surface area (Å²) in [6.45, 7) is 0. The van der Waals surface area contributed by atoms with E-state index in [1.807, 2.05) is 0 Å². The first-order valence-electron chi connectivity index (χ1n) is 5.42. The highest BCUT2D eigenvalue weighted by atomic mass is 19.4. The quantitative estimate of drug-likeness (QED) is 0.680. The molecule has 0 spiro atoms. The molecule has 0 fully saturated rings. The normalized spacial score (nSPS) is 11.7. The number of benzene rings is 1. The van der Waals surface area contributed by atoms with Gasteiger partial charge < -0.3 is 0 Å². The molecule has 6 heteroatoms. The molecule has 0 saturated heterocycles. The van der Waals surface area contributed by atoms with Crippen LogP contribution >= 0.6 is 0 Å². The molecule has 0 atom stereocenters. The Labute approximate surface area is 107 Å². The number of nitrogens with one attached hydrogen (secondary N) is 1. The van der Waals surface area contributed by atoms with Gasteiger partial charge in [0.05, 0.1) is 17.5 Å². The lowest BCUT2D eigenvalue weighted by molar-refractivity contribution is -0.137. The summed E-state index contributed by atoms with van der Waals surface area (Å²) in [5.41, 5.74) is 3.30. The Bertz CT molecular complexity index is 548. The Morgan fingerprint density at radius 3 is 2.21 bits per heavy atom. The molecule has 3 nitrogen and oxygen atoms in total. The molecule has 0 bridgehead atoms. The molecule has 0 aliphatic heterocycles. The Balaban J connectivity index is 1.99. The largest absolute Gasteiger partial charge is 0.416 e. The van der Waals surface area contributed by atoms with Crippen molar-refractivity contribution in [3.05, 3.63) is 59.9 Å². The predicted octanol–water partition coefficient (Wildman–Crippen LogP) is 3.55. The first kappa shape index (κ1) is 13.1. The van der Waals surface area contributed by atoms with E-state index in [1.165, 1.54) is 12.1 Å². The number of aromatic nitrogens is 1. The van der Waals surface area contributed by atoms with E-state index >= 15 is 0 Å². The van der Waals surface area contributed by atoms with Crippen molar-refractivity contribution in [1.29, 1.82) is 0 Å². The third-order valence-corrected chi connectivity index (χ3v) is 2.33. The van der Waals surface area contributed by atoms with E-state index in [0.29, 0.717) is 5.69 Å². The molecule has 0 saturated carbocycles. The lowest BCUT2D eigenvalue weighted by Gasteiger charge is -2.06. The summed E-state index contributed by atoms with van der Waals surface area (Å²) in [7, 11) is 0. The van der Waals surface area contributed by atoms with E-state index in [9.17, 15) is 13.2 Å². The molecule has 98 valence electrons. The summed E-state index contributed by atoms with van der Waals surface area (Å²) < 4.78 is 37.0. The third-order valence-electron chi connectivity index (χ3n) is 2.33. The van der Waals surface area contributed by atoms with Crippen molar-refractivity contribution in [2.45, 2.75) is 6.18 Å². The SMILES string of the molecule is FC(F)(F)c1ccc(N/N=C/c2ccncc2)cc1. The number of rotatable bonds is 3. The fourth-order valence-electron chi connectivity index (χ4n) is 1.36. The minimum absolute atomic E-state index is 0.485. The molecule has 0 aliphatic rings. The number of hydrogen-bond acceptors (Lipinski definition) is 3. The first-order chi connectivity index (χ1) is 9.05. The van der Waals surface area contributed by atoms with E-state index in [2.05, 4.69) is 15.5 Å². The standard InChI is InChI=1S/C13H10F3N3/c14-13(15,16)11-1-3-12(4-2-11)19-18-9-10-5-7-17-8-6-10/h1-9,19H/b18-9+. The highest BCUT2D eigenvalue weighted by Crippen LogP contribution is 2.29. The molecule has 0 unspecified atom stereocenters. The molecule has 1 aromatic heterocycles. The third kappa shape index (κ3) is 3.80. The number of halogens is 3. The van der Waals surface area contributed by atoms with Gasteiger partial charge in [0.2, 0.25) is 0 Å². The summed E-state index contributed by atoms with van der Waals surface area (Å²) in [4.78, 5) is 3.86. The minimum Gasteiger partial charge on any atom is -0.279 e. The zero-order chi connectivity index (χ0) is 13.7. The average Bonchev–Trinajstić information content (AvgIpc) is 2.39. The molecule has 0 radical (unpaired) electrons. The summed E-state index contributed by atoms with van der Waals surface area (Å²) in [6, 6.07) is 8.18. The topological polar surface area (TPSA) is 37.3 Å². The summed E-state index contributed by atoms with van der Waals surface area (Å²) in [6.07, 6.45) is 0.483. The molecule has 0 aliphatic carbocycles. The Morgan fingerprint density at radius 1 is 1.00 bits per heavy atom. The fraction of sp³-hybridized carbons (Fsp3) is 0.0769.